The van der Waals surface area contributed by atoms with Crippen LogP contribution in [0.4, 0.5) is 13.2 Å². The number of methoxy groups -OCH3 is 1. The van der Waals surface area contributed by atoms with Crippen molar-refractivity contribution in [3.8, 4) is 0 Å². The van der Waals surface area contributed by atoms with Gasteiger partial charge in [0.05, 0.1) is 13.0 Å². The molecule has 4 fully saturated rings. The van der Waals surface area contributed by atoms with E-state index in [0.29, 0.717) is 43.1 Å². The summed E-state index contributed by atoms with van der Waals surface area (Å²) in [7, 11) is 1.42. The van der Waals surface area contributed by atoms with Crippen molar-refractivity contribution in [1.29, 1.82) is 0 Å². The van der Waals surface area contributed by atoms with E-state index in [1.165, 1.54) is 20.0 Å². The second-order valence-corrected chi connectivity index (χ2v) is 11.0. The molecular formula is C23H37ClF3N3O2. The first-order valence-corrected chi connectivity index (χ1v) is 12.7. The number of carbonyl (C=O) groups is 1. The lowest BCUT2D eigenvalue weighted by Crippen LogP contribution is -2.59. The van der Waals surface area contributed by atoms with E-state index in [2.05, 4.69) is 15.1 Å². The molecule has 184 valence electrons. The van der Waals surface area contributed by atoms with Crippen LogP contribution in [0.2, 0.25) is 0 Å². The molecule has 0 aromatic carbocycles. The van der Waals surface area contributed by atoms with Crippen molar-refractivity contribution in [2.45, 2.75) is 87.5 Å². The highest BCUT2D eigenvalue weighted by Gasteiger charge is 2.47. The van der Waals surface area contributed by atoms with Crippen molar-refractivity contribution in [2.75, 3.05) is 33.4 Å². The van der Waals surface area contributed by atoms with E-state index >= 15 is 0 Å². The topological polar surface area (TPSA) is 44.8 Å². The maximum absolute atomic E-state index is 13.1. The van der Waals surface area contributed by atoms with Gasteiger partial charge in [-0.1, -0.05) is 0 Å². The number of rotatable bonds is 5. The Morgan fingerprint density at radius 1 is 1.00 bits per heavy atom. The first-order chi connectivity index (χ1) is 15.2. The first-order valence-electron chi connectivity index (χ1n) is 12.2. The molecule has 2 heterocycles. The molecular weight excluding hydrogens is 443 g/mol. The maximum Gasteiger partial charge on any atom is 0.391 e. The SMILES string of the molecule is COC(=O)C1CC2NCN(CC3CCC(Cl)CC3)C2CN1CC1CCC(C(F)(F)F)CC1. The number of halogens is 4. The lowest BCUT2D eigenvalue weighted by molar-refractivity contribution is -0.184. The maximum atomic E-state index is 13.1. The number of nitrogens with one attached hydrogen (secondary N) is 1. The monoisotopic (exact) mass is 479 g/mol. The summed E-state index contributed by atoms with van der Waals surface area (Å²) in [5.74, 6) is -0.527. The van der Waals surface area contributed by atoms with Crippen molar-refractivity contribution < 1.29 is 22.7 Å². The molecule has 5 nitrogen and oxygen atoms in total. The molecule has 2 saturated heterocycles. The minimum Gasteiger partial charge on any atom is -0.468 e. The number of hydrogen-bond acceptors (Lipinski definition) is 5. The summed E-state index contributed by atoms with van der Waals surface area (Å²) in [6.45, 7) is 3.32. The third kappa shape index (κ3) is 5.73. The second kappa shape index (κ2) is 10.4. The number of esters is 1. The van der Waals surface area contributed by atoms with Crippen LogP contribution in [0, 0.1) is 17.8 Å². The Balaban J connectivity index is 1.37. The van der Waals surface area contributed by atoms with Crippen LogP contribution in [0.25, 0.3) is 0 Å². The molecule has 0 aromatic heterocycles. The average molecular weight is 480 g/mol. The number of carbonyl (C=O) groups excluding carboxylic acids is 1. The van der Waals surface area contributed by atoms with Crippen molar-refractivity contribution in [3.63, 3.8) is 0 Å². The summed E-state index contributed by atoms with van der Waals surface area (Å²) in [6, 6.07) is 0.262. The number of hydrogen-bond donors (Lipinski definition) is 1. The molecule has 2 aliphatic carbocycles. The number of piperidine rings is 1. The van der Waals surface area contributed by atoms with Crippen LogP contribution in [-0.2, 0) is 9.53 Å². The van der Waals surface area contributed by atoms with Crippen LogP contribution in [-0.4, -0.2) is 78.9 Å². The van der Waals surface area contributed by atoms with Gasteiger partial charge < -0.3 is 4.74 Å². The van der Waals surface area contributed by atoms with Crippen LogP contribution in [0.5, 0.6) is 0 Å². The fourth-order valence-electron chi connectivity index (χ4n) is 6.41. The highest BCUT2D eigenvalue weighted by molar-refractivity contribution is 6.20. The Morgan fingerprint density at radius 3 is 2.19 bits per heavy atom. The lowest BCUT2D eigenvalue weighted by Gasteiger charge is -2.44. The molecule has 0 amide bonds. The molecule has 32 heavy (non-hydrogen) atoms. The molecule has 4 aliphatic rings. The molecule has 3 atom stereocenters. The van der Waals surface area contributed by atoms with Gasteiger partial charge in [-0.05, 0) is 69.6 Å². The van der Waals surface area contributed by atoms with Gasteiger partial charge in [0.25, 0.3) is 0 Å². The predicted octanol–water partition coefficient (Wildman–Crippen LogP) is 4.00. The fourth-order valence-corrected chi connectivity index (χ4v) is 6.66. The van der Waals surface area contributed by atoms with Gasteiger partial charge >= 0.3 is 12.1 Å². The Bertz CT molecular complexity index is 636. The zero-order chi connectivity index (χ0) is 22.9. The van der Waals surface area contributed by atoms with Gasteiger partial charge in [-0.3, -0.25) is 19.9 Å². The average Bonchev–Trinajstić information content (AvgIpc) is 3.15. The van der Waals surface area contributed by atoms with Gasteiger partial charge in [-0.15, -0.1) is 11.6 Å². The molecule has 0 aromatic rings. The quantitative estimate of drug-likeness (QED) is 0.477. The molecule has 2 saturated carbocycles. The van der Waals surface area contributed by atoms with E-state index in [0.717, 1.165) is 32.6 Å². The van der Waals surface area contributed by atoms with Gasteiger partial charge in [0.1, 0.15) is 6.04 Å². The molecule has 2 aliphatic heterocycles. The Morgan fingerprint density at radius 2 is 1.59 bits per heavy atom. The number of ether oxygens (including phenoxy) is 1. The molecule has 0 bridgehead atoms. The van der Waals surface area contributed by atoms with Crippen LogP contribution < -0.4 is 5.32 Å². The standard InChI is InChI=1S/C23H37ClF3N3O2/c1-32-22(31)20-10-19-21(30(14-28-19)12-16-4-8-18(24)9-5-16)13-29(20)11-15-2-6-17(7-3-15)23(25,26)27/h15-21,28H,2-14H2,1H3. The smallest absolute Gasteiger partial charge is 0.391 e. The van der Waals surface area contributed by atoms with Crippen molar-refractivity contribution in [1.82, 2.24) is 15.1 Å². The zero-order valence-electron chi connectivity index (χ0n) is 19.0. The zero-order valence-corrected chi connectivity index (χ0v) is 19.7. The third-order valence-electron chi connectivity index (χ3n) is 8.37. The summed E-state index contributed by atoms with van der Waals surface area (Å²) in [6.07, 6.45) is 2.66. The molecule has 4 rings (SSSR count). The summed E-state index contributed by atoms with van der Waals surface area (Å²) in [4.78, 5) is 17.3. The van der Waals surface area contributed by atoms with Crippen LogP contribution >= 0.6 is 11.6 Å². The summed E-state index contributed by atoms with van der Waals surface area (Å²) < 4.78 is 44.3. The van der Waals surface area contributed by atoms with E-state index in [-0.39, 0.29) is 36.8 Å². The Kier molecular flexibility index (Phi) is 7.95. The van der Waals surface area contributed by atoms with E-state index in [9.17, 15) is 18.0 Å². The molecule has 1 N–H and O–H groups in total. The molecule has 0 radical (unpaired) electrons. The summed E-state index contributed by atoms with van der Waals surface area (Å²) >= 11 is 6.28. The van der Waals surface area contributed by atoms with E-state index in [1.807, 2.05) is 0 Å². The van der Waals surface area contributed by atoms with Crippen LogP contribution in [0.3, 0.4) is 0 Å². The van der Waals surface area contributed by atoms with Gasteiger partial charge in [0.2, 0.25) is 0 Å². The van der Waals surface area contributed by atoms with Gasteiger partial charge in [-0.2, -0.15) is 13.2 Å². The van der Waals surface area contributed by atoms with E-state index in [4.69, 9.17) is 16.3 Å². The minimum absolute atomic E-state index is 0.202. The highest BCUT2D eigenvalue weighted by Crippen LogP contribution is 2.40. The predicted molar refractivity (Wildman–Crippen MR) is 117 cm³/mol. The number of likely N-dealkylation sites (tertiary alicyclic amines) is 1. The highest BCUT2D eigenvalue weighted by atomic mass is 35.5. The molecule has 9 heteroatoms. The molecule has 3 unspecified atom stereocenters. The van der Waals surface area contributed by atoms with Crippen molar-refractivity contribution >= 4 is 17.6 Å². The largest absolute Gasteiger partial charge is 0.468 e. The number of nitrogens with zero attached hydrogens (tertiary/aromatic N) is 2. The van der Waals surface area contributed by atoms with E-state index < -0.39 is 12.1 Å². The summed E-state index contributed by atoms with van der Waals surface area (Å²) in [5, 5.41) is 3.92. The Hall–Kier alpha value is -0.570. The van der Waals surface area contributed by atoms with Crippen molar-refractivity contribution in [3.05, 3.63) is 0 Å². The van der Waals surface area contributed by atoms with Gasteiger partial charge in [0, 0.05) is 43.8 Å². The molecule has 0 spiro atoms. The van der Waals surface area contributed by atoms with Crippen molar-refractivity contribution in [2.24, 2.45) is 17.8 Å². The number of alkyl halides is 4. The minimum atomic E-state index is -4.09. The van der Waals surface area contributed by atoms with Gasteiger partial charge in [-0.25, -0.2) is 0 Å². The normalized spacial score (nSPS) is 39.6. The van der Waals surface area contributed by atoms with Crippen LogP contribution in [0.15, 0.2) is 0 Å². The number of fused-ring (bicyclic) bond motifs is 1. The lowest BCUT2D eigenvalue weighted by atomic mass is 9.80. The van der Waals surface area contributed by atoms with Gasteiger partial charge in [0.15, 0.2) is 0 Å². The summed E-state index contributed by atoms with van der Waals surface area (Å²) in [5.41, 5.74) is 0. The fraction of sp³-hybridized carbons (Fsp3) is 0.957. The first kappa shape index (κ1) is 24.6. The Labute approximate surface area is 194 Å². The third-order valence-corrected chi connectivity index (χ3v) is 8.81. The van der Waals surface area contributed by atoms with Crippen LogP contribution in [0.1, 0.15) is 57.8 Å². The second-order valence-electron chi connectivity index (χ2n) is 10.4. The van der Waals surface area contributed by atoms with E-state index in [1.54, 1.807) is 0 Å².